The second-order valence-corrected chi connectivity index (χ2v) is 7.86. The number of likely N-dealkylation sites (N-methyl/N-ethyl adjacent to an activating group) is 1. The molecule has 2 aromatic rings. The number of fused-ring (bicyclic) bond motifs is 1. The number of hydrogen-bond acceptors (Lipinski definition) is 3. The van der Waals surface area contributed by atoms with Crippen molar-refractivity contribution in [1.82, 2.24) is 20.4 Å². The smallest absolute Gasteiger partial charge is 0.236 e. The summed E-state index contributed by atoms with van der Waals surface area (Å²) in [5.74, 6) is 1.03. The van der Waals surface area contributed by atoms with E-state index in [0.29, 0.717) is 19.1 Å². The van der Waals surface area contributed by atoms with Gasteiger partial charge in [-0.2, -0.15) is 0 Å². The van der Waals surface area contributed by atoms with Crippen LogP contribution in [0.3, 0.4) is 0 Å². The van der Waals surface area contributed by atoms with Crippen LogP contribution in [0.1, 0.15) is 25.3 Å². The average molecular weight is 523 g/mol. The molecule has 0 aromatic heterocycles. The molecule has 0 atom stereocenters. The molecule has 1 heterocycles. The zero-order valence-corrected chi connectivity index (χ0v) is 20.6. The third-order valence-electron chi connectivity index (χ3n) is 5.36. The molecule has 0 bridgehead atoms. The molecule has 30 heavy (non-hydrogen) atoms. The number of guanidine groups is 1. The van der Waals surface area contributed by atoms with Crippen LogP contribution in [0, 0.1) is 0 Å². The summed E-state index contributed by atoms with van der Waals surface area (Å²) >= 11 is 0. The van der Waals surface area contributed by atoms with Gasteiger partial charge in [0.1, 0.15) is 0 Å². The second-order valence-electron chi connectivity index (χ2n) is 7.86. The molecule has 6 nitrogen and oxygen atoms in total. The summed E-state index contributed by atoms with van der Waals surface area (Å²) in [6.45, 7) is 5.94. The minimum absolute atomic E-state index is 0. The van der Waals surface area contributed by atoms with Crippen LogP contribution < -0.4 is 10.6 Å². The van der Waals surface area contributed by atoms with Gasteiger partial charge in [0, 0.05) is 39.8 Å². The first kappa shape index (κ1) is 24.4. The standard InChI is InChI=1S/C23H33N5O.HI/c1-4-24-23(25-16-18-9-10-19-7-5-6-8-20(19)15-18)26-21-11-13-28(14-12-21)17-22(29)27(2)3;/h5-10,15,21H,4,11-14,16-17H2,1-3H3,(H2,24,25,26);1H. The van der Waals surface area contributed by atoms with E-state index in [2.05, 4.69) is 64.9 Å². The van der Waals surface area contributed by atoms with Crippen LogP contribution in [0.2, 0.25) is 0 Å². The van der Waals surface area contributed by atoms with Crippen LogP contribution in [0.15, 0.2) is 47.5 Å². The van der Waals surface area contributed by atoms with Gasteiger partial charge in [-0.15, -0.1) is 24.0 Å². The van der Waals surface area contributed by atoms with Crippen LogP contribution in [0.25, 0.3) is 10.8 Å². The molecule has 0 saturated carbocycles. The first-order chi connectivity index (χ1) is 14.0. The van der Waals surface area contributed by atoms with Crippen molar-refractivity contribution >= 4 is 46.6 Å². The molecule has 2 N–H and O–H groups in total. The summed E-state index contributed by atoms with van der Waals surface area (Å²) < 4.78 is 0. The van der Waals surface area contributed by atoms with Crippen molar-refractivity contribution in [1.29, 1.82) is 0 Å². The molecule has 0 unspecified atom stereocenters. The van der Waals surface area contributed by atoms with E-state index in [0.717, 1.165) is 38.4 Å². The fourth-order valence-electron chi connectivity index (χ4n) is 3.59. The van der Waals surface area contributed by atoms with E-state index in [1.807, 2.05) is 14.1 Å². The van der Waals surface area contributed by atoms with Gasteiger partial charge in [-0.3, -0.25) is 9.69 Å². The molecule has 1 aliphatic rings. The lowest BCUT2D eigenvalue weighted by molar-refractivity contribution is -0.130. The van der Waals surface area contributed by atoms with E-state index in [9.17, 15) is 4.79 Å². The maximum absolute atomic E-state index is 11.9. The average Bonchev–Trinajstić information content (AvgIpc) is 2.73. The lowest BCUT2D eigenvalue weighted by atomic mass is 10.1. The Hall–Kier alpha value is -1.87. The highest BCUT2D eigenvalue weighted by atomic mass is 127. The van der Waals surface area contributed by atoms with Gasteiger partial charge in [0.15, 0.2) is 5.96 Å². The van der Waals surface area contributed by atoms with Gasteiger partial charge in [-0.05, 0) is 42.2 Å². The molecule has 0 spiro atoms. The van der Waals surface area contributed by atoms with Gasteiger partial charge >= 0.3 is 0 Å². The number of amides is 1. The monoisotopic (exact) mass is 523 g/mol. The Balaban J connectivity index is 0.00000320. The van der Waals surface area contributed by atoms with Gasteiger partial charge in [0.2, 0.25) is 5.91 Å². The number of piperidine rings is 1. The van der Waals surface area contributed by atoms with Crippen LogP contribution in [-0.4, -0.2) is 68.0 Å². The minimum Gasteiger partial charge on any atom is -0.357 e. The number of hydrogen-bond donors (Lipinski definition) is 2. The molecule has 2 aromatic carbocycles. The summed E-state index contributed by atoms with van der Waals surface area (Å²) in [6.07, 6.45) is 2.03. The van der Waals surface area contributed by atoms with Gasteiger partial charge < -0.3 is 15.5 Å². The maximum Gasteiger partial charge on any atom is 0.236 e. The Labute approximate surface area is 197 Å². The largest absolute Gasteiger partial charge is 0.357 e. The number of likely N-dealkylation sites (tertiary alicyclic amines) is 1. The topological polar surface area (TPSA) is 60.0 Å². The molecule has 0 aliphatic carbocycles. The first-order valence-corrected chi connectivity index (χ1v) is 10.5. The van der Waals surface area contributed by atoms with Crippen LogP contribution in [-0.2, 0) is 11.3 Å². The lowest BCUT2D eigenvalue weighted by Gasteiger charge is -2.33. The van der Waals surface area contributed by atoms with Crippen molar-refractivity contribution in [3.63, 3.8) is 0 Å². The molecule has 1 aliphatic heterocycles. The van der Waals surface area contributed by atoms with E-state index in [-0.39, 0.29) is 29.9 Å². The molecule has 1 saturated heterocycles. The zero-order chi connectivity index (χ0) is 20.6. The molecule has 1 amide bonds. The van der Waals surface area contributed by atoms with E-state index in [1.165, 1.54) is 16.3 Å². The fraction of sp³-hybridized carbons (Fsp3) is 0.478. The predicted molar refractivity (Wildman–Crippen MR) is 135 cm³/mol. The van der Waals surface area contributed by atoms with Crippen LogP contribution >= 0.6 is 24.0 Å². The molecule has 7 heteroatoms. The Morgan fingerprint density at radius 2 is 1.83 bits per heavy atom. The summed E-state index contributed by atoms with van der Waals surface area (Å²) in [6, 6.07) is 15.3. The van der Waals surface area contributed by atoms with E-state index in [1.54, 1.807) is 4.90 Å². The third-order valence-corrected chi connectivity index (χ3v) is 5.36. The highest BCUT2D eigenvalue weighted by Crippen LogP contribution is 2.16. The van der Waals surface area contributed by atoms with Crippen molar-refractivity contribution in [3.05, 3.63) is 48.0 Å². The minimum atomic E-state index is 0. The Bertz CT molecular complexity index is 846. The highest BCUT2D eigenvalue weighted by molar-refractivity contribution is 14.0. The molecule has 164 valence electrons. The van der Waals surface area contributed by atoms with Gasteiger partial charge in [0.05, 0.1) is 13.1 Å². The van der Waals surface area contributed by atoms with Crippen molar-refractivity contribution in [2.45, 2.75) is 32.4 Å². The highest BCUT2D eigenvalue weighted by Gasteiger charge is 2.22. The number of aliphatic imine (C=N–C) groups is 1. The van der Waals surface area contributed by atoms with Gasteiger partial charge in [0.25, 0.3) is 0 Å². The maximum atomic E-state index is 11.9. The third kappa shape index (κ3) is 7.12. The second kappa shape index (κ2) is 12.1. The van der Waals surface area contributed by atoms with Gasteiger partial charge in [-0.1, -0.05) is 36.4 Å². The molecular weight excluding hydrogens is 489 g/mol. The van der Waals surface area contributed by atoms with Crippen molar-refractivity contribution in [2.24, 2.45) is 4.99 Å². The summed E-state index contributed by atoms with van der Waals surface area (Å²) in [7, 11) is 3.62. The molecular formula is C23H34IN5O. The predicted octanol–water partition coefficient (Wildman–Crippen LogP) is 3.07. The van der Waals surface area contributed by atoms with Crippen molar-refractivity contribution in [3.8, 4) is 0 Å². The van der Waals surface area contributed by atoms with E-state index in [4.69, 9.17) is 4.99 Å². The number of nitrogens with one attached hydrogen (secondary N) is 2. The number of halogens is 1. The SMILES string of the molecule is CCNC(=NCc1ccc2ccccc2c1)NC1CCN(CC(=O)N(C)C)CC1.I. The Morgan fingerprint density at radius 1 is 1.13 bits per heavy atom. The lowest BCUT2D eigenvalue weighted by Crippen LogP contribution is -2.50. The zero-order valence-electron chi connectivity index (χ0n) is 18.2. The summed E-state index contributed by atoms with van der Waals surface area (Å²) in [5.41, 5.74) is 1.21. The number of benzene rings is 2. The fourth-order valence-corrected chi connectivity index (χ4v) is 3.59. The normalized spacial score (nSPS) is 15.5. The van der Waals surface area contributed by atoms with E-state index < -0.39 is 0 Å². The Morgan fingerprint density at radius 3 is 2.50 bits per heavy atom. The first-order valence-electron chi connectivity index (χ1n) is 10.5. The van der Waals surface area contributed by atoms with E-state index >= 15 is 0 Å². The van der Waals surface area contributed by atoms with Crippen molar-refractivity contribution in [2.75, 3.05) is 40.3 Å². The molecule has 0 radical (unpaired) electrons. The quantitative estimate of drug-likeness (QED) is 0.347. The van der Waals surface area contributed by atoms with Crippen LogP contribution in [0.5, 0.6) is 0 Å². The molecule has 3 rings (SSSR count). The summed E-state index contributed by atoms with van der Waals surface area (Å²) in [4.78, 5) is 20.6. The van der Waals surface area contributed by atoms with Gasteiger partial charge in [-0.25, -0.2) is 4.99 Å². The Kier molecular flexibility index (Phi) is 9.84. The van der Waals surface area contributed by atoms with Crippen molar-refractivity contribution < 1.29 is 4.79 Å². The summed E-state index contributed by atoms with van der Waals surface area (Å²) in [5, 5.41) is 9.44. The number of nitrogens with zero attached hydrogens (tertiary/aromatic N) is 3. The number of carbonyl (C=O) groups excluding carboxylic acids is 1. The van der Waals surface area contributed by atoms with Crippen LogP contribution in [0.4, 0.5) is 0 Å². The number of rotatable bonds is 6. The molecule has 1 fully saturated rings. The number of carbonyl (C=O) groups is 1.